The maximum atomic E-state index is 11.9. The molecule has 2 aromatic rings. The second-order valence-corrected chi connectivity index (χ2v) is 5.52. The van der Waals surface area contributed by atoms with Crippen molar-refractivity contribution in [3.05, 3.63) is 23.8 Å². The summed E-state index contributed by atoms with van der Waals surface area (Å²) >= 11 is 1.40. The molecular formula is C13H15N3O3S. The Hall–Kier alpha value is -2.15. The van der Waals surface area contributed by atoms with Gasteiger partial charge in [-0.05, 0) is 24.6 Å². The Morgan fingerprint density at radius 3 is 2.90 bits per heavy atom. The average molecular weight is 293 g/mol. The van der Waals surface area contributed by atoms with Crippen molar-refractivity contribution in [2.24, 2.45) is 0 Å². The summed E-state index contributed by atoms with van der Waals surface area (Å²) in [5, 5.41) is 11.8. The van der Waals surface area contributed by atoms with Crippen LogP contribution in [-0.4, -0.2) is 40.6 Å². The Morgan fingerprint density at radius 2 is 2.20 bits per heavy atom. The van der Waals surface area contributed by atoms with Crippen LogP contribution >= 0.6 is 11.3 Å². The Kier molecular flexibility index (Phi) is 4.19. The zero-order valence-electron chi connectivity index (χ0n) is 11.2. The number of benzene rings is 1. The van der Waals surface area contributed by atoms with E-state index in [1.165, 1.54) is 16.2 Å². The molecule has 1 aromatic heterocycles. The van der Waals surface area contributed by atoms with Crippen molar-refractivity contribution in [1.82, 2.24) is 9.88 Å². The molecule has 0 aliphatic carbocycles. The van der Waals surface area contributed by atoms with E-state index in [2.05, 4.69) is 10.3 Å². The Morgan fingerprint density at radius 1 is 1.45 bits per heavy atom. The van der Waals surface area contributed by atoms with Gasteiger partial charge in [0, 0.05) is 13.6 Å². The highest BCUT2D eigenvalue weighted by Crippen LogP contribution is 2.26. The largest absolute Gasteiger partial charge is 0.481 e. The lowest BCUT2D eigenvalue weighted by atomic mass is 10.2. The molecule has 0 aliphatic rings. The maximum Gasteiger partial charge on any atom is 0.323 e. The molecule has 0 spiro atoms. The topological polar surface area (TPSA) is 82.5 Å². The molecule has 0 atom stereocenters. The van der Waals surface area contributed by atoms with Gasteiger partial charge in [0.2, 0.25) is 0 Å². The Balaban J connectivity index is 2.04. The second-order valence-electron chi connectivity index (χ2n) is 4.49. The summed E-state index contributed by atoms with van der Waals surface area (Å²) in [6.07, 6.45) is -0.0804. The number of aromatic nitrogens is 1. The van der Waals surface area contributed by atoms with Gasteiger partial charge in [-0.25, -0.2) is 9.78 Å². The number of urea groups is 1. The van der Waals surface area contributed by atoms with Gasteiger partial charge < -0.3 is 10.0 Å². The highest BCUT2D eigenvalue weighted by atomic mass is 32.1. The van der Waals surface area contributed by atoms with E-state index >= 15 is 0 Å². The number of aliphatic carboxylic acids is 1. The lowest BCUT2D eigenvalue weighted by Gasteiger charge is -2.15. The monoisotopic (exact) mass is 293 g/mol. The van der Waals surface area contributed by atoms with E-state index in [0.29, 0.717) is 5.13 Å². The molecule has 2 amide bonds. The standard InChI is InChI=1S/C13H15N3O3S/c1-8-3-4-9-10(7-8)20-12(14-9)15-13(19)16(2)6-5-11(17)18/h3-4,7H,5-6H2,1-2H3,(H,17,18)(H,14,15,19). The Labute approximate surface area is 120 Å². The van der Waals surface area contributed by atoms with Crippen molar-refractivity contribution in [2.45, 2.75) is 13.3 Å². The molecule has 1 heterocycles. The number of hydrogen-bond acceptors (Lipinski definition) is 4. The van der Waals surface area contributed by atoms with Crippen LogP contribution < -0.4 is 5.32 Å². The van der Waals surface area contributed by atoms with Gasteiger partial charge in [0.1, 0.15) is 0 Å². The number of carbonyl (C=O) groups excluding carboxylic acids is 1. The van der Waals surface area contributed by atoms with Crippen LogP contribution in [0.15, 0.2) is 18.2 Å². The number of fused-ring (bicyclic) bond motifs is 1. The fraction of sp³-hybridized carbons (Fsp3) is 0.308. The number of amides is 2. The number of thiazole rings is 1. The van der Waals surface area contributed by atoms with Gasteiger partial charge in [0.15, 0.2) is 5.13 Å². The quantitative estimate of drug-likeness (QED) is 0.907. The van der Waals surface area contributed by atoms with Crippen LogP contribution in [0, 0.1) is 6.92 Å². The van der Waals surface area contributed by atoms with Crippen LogP contribution in [0.2, 0.25) is 0 Å². The first-order valence-corrected chi connectivity index (χ1v) is 6.88. The molecule has 106 valence electrons. The maximum absolute atomic E-state index is 11.9. The van der Waals surface area contributed by atoms with Gasteiger partial charge in [-0.15, -0.1) is 0 Å². The lowest BCUT2D eigenvalue weighted by molar-refractivity contribution is -0.137. The number of rotatable bonds is 4. The van der Waals surface area contributed by atoms with E-state index in [4.69, 9.17) is 5.11 Å². The Bertz CT molecular complexity index is 653. The number of carboxylic acid groups (broad SMARTS) is 1. The summed E-state index contributed by atoms with van der Waals surface area (Å²) in [5.41, 5.74) is 1.97. The molecule has 1 aromatic carbocycles. The van der Waals surface area contributed by atoms with Crippen molar-refractivity contribution < 1.29 is 14.7 Å². The van der Waals surface area contributed by atoms with Gasteiger partial charge in [0.05, 0.1) is 16.6 Å². The highest BCUT2D eigenvalue weighted by Gasteiger charge is 2.12. The van der Waals surface area contributed by atoms with Gasteiger partial charge in [-0.1, -0.05) is 17.4 Å². The lowest BCUT2D eigenvalue weighted by Crippen LogP contribution is -2.33. The molecule has 0 saturated heterocycles. The third kappa shape index (κ3) is 3.45. The summed E-state index contributed by atoms with van der Waals surface area (Å²) in [4.78, 5) is 28.0. The van der Waals surface area contributed by atoms with E-state index in [-0.39, 0.29) is 19.0 Å². The zero-order chi connectivity index (χ0) is 14.7. The van der Waals surface area contributed by atoms with E-state index in [9.17, 15) is 9.59 Å². The fourth-order valence-electron chi connectivity index (χ4n) is 1.64. The van der Waals surface area contributed by atoms with Crippen LogP contribution in [0.4, 0.5) is 9.93 Å². The van der Waals surface area contributed by atoms with E-state index in [1.807, 2.05) is 25.1 Å². The van der Waals surface area contributed by atoms with Crippen LogP contribution in [0.5, 0.6) is 0 Å². The minimum absolute atomic E-state index is 0.0804. The molecule has 7 heteroatoms. The number of nitrogens with zero attached hydrogens (tertiary/aromatic N) is 2. The van der Waals surface area contributed by atoms with Crippen molar-refractivity contribution in [3.8, 4) is 0 Å². The van der Waals surface area contributed by atoms with Gasteiger partial charge >= 0.3 is 12.0 Å². The summed E-state index contributed by atoms with van der Waals surface area (Å²) in [7, 11) is 1.55. The van der Waals surface area contributed by atoms with E-state index < -0.39 is 5.97 Å². The molecule has 0 saturated carbocycles. The summed E-state index contributed by atoms with van der Waals surface area (Å²) in [6, 6.07) is 5.52. The normalized spacial score (nSPS) is 10.5. The van der Waals surface area contributed by atoms with E-state index in [0.717, 1.165) is 15.8 Å². The van der Waals surface area contributed by atoms with Gasteiger partial charge in [-0.2, -0.15) is 0 Å². The first-order valence-electron chi connectivity index (χ1n) is 6.07. The molecule has 0 aliphatic heterocycles. The highest BCUT2D eigenvalue weighted by molar-refractivity contribution is 7.22. The molecule has 20 heavy (non-hydrogen) atoms. The van der Waals surface area contributed by atoms with Crippen molar-refractivity contribution in [2.75, 3.05) is 18.9 Å². The van der Waals surface area contributed by atoms with Gasteiger partial charge in [-0.3, -0.25) is 10.1 Å². The first-order chi connectivity index (χ1) is 9.45. The van der Waals surface area contributed by atoms with Crippen molar-refractivity contribution in [1.29, 1.82) is 0 Å². The van der Waals surface area contributed by atoms with Gasteiger partial charge in [0.25, 0.3) is 0 Å². The SMILES string of the molecule is Cc1ccc2nc(NC(=O)N(C)CCC(=O)O)sc2c1. The second kappa shape index (κ2) is 5.87. The predicted octanol–water partition coefficient (Wildman–Crippen LogP) is 2.54. The number of nitrogens with one attached hydrogen (secondary N) is 1. The minimum Gasteiger partial charge on any atom is -0.481 e. The number of hydrogen-bond donors (Lipinski definition) is 2. The number of aryl methyl sites for hydroxylation is 1. The van der Waals surface area contributed by atoms with Crippen LogP contribution in [0.3, 0.4) is 0 Å². The third-order valence-corrected chi connectivity index (χ3v) is 3.70. The first kappa shape index (κ1) is 14.3. The molecule has 2 rings (SSSR count). The van der Waals surface area contributed by atoms with Crippen LogP contribution in [0.1, 0.15) is 12.0 Å². The van der Waals surface area contributed by atoms with E-state index in [1.54, 1.807) is 7.05 Å². The number of carbonyl (C=O) groups is 2. The molecular weight excluding hydrogens is 278 g/mol. The summed E-state index contributed by atoms with van der Waals surface area (Å²) in [5.74, 6) is -0.930. The number of carboxylic acids is 1. The molecule has 0 bridgehead atoms. The molecule has 0 unspecified atom stereocenters. The molecule has 0 radical (unpaired) electrons. The fourth-order valence-corrected chi connectivity index (χ4v) is 2.59. The van der Waals surface area contributed by atoms with Crippen molar-refractivity contribution in [3.63, 3.8) is 0 Å². The molecule has 0 fully saturated rings. The molecule has 6 nitrogen and oxygen atoms in total. The minimum atomic E-state index is -0.930. The average Bonchev–Trinajstić information content (AvgIpc) is 2.76. The van der Waals surface area contributed by atoms with Crippen molar-refractivity contribution >= 4 is 38.7 Å². The predicted molar refractivity (Wildman–Crippen MR) is 78.3 cm³/mol. The third-order valence-electron chi connectivity index (χ3n) is 2.77. The smallest absolute Gasteiger partial charge is 0.323 e. The summed E-state index contributed by atoms with van der Waals surface area (Å²) in [6.45, 7) is 2.16. The zero-order valence-corrected chi connectivity index (χ0v) is 12.0. The van der Waals surface area contributed by atoms with Crippen LogP contribution in [-0.2, 0) is 4.79 Å². The molecule has 2 N–H and O–H groups in total. The summed E-state index contributed by atoms with van der Waals surface area (Å²) < 4.78 is 1.01. The van der Waals surface area contributed by atoms with Crippen LogP contribution in [0.25, 0.3) is 10.2 Å². The number of anilines is 1.